The smallest absolute Gasteiger partial charge is 0.151 e. The molecular formula is C18H34N2O2S. The second-order valence-corrected chi connectivity index (χ2v) is 10.3. The van der Waals surface area contributed by atoms with E-state index in [9.17, 15) is 8.42 Å². The molecule has 2 saturated carbocycles. The van der Waals surface area contributed by atoms with E-state index >= 15 is 0 Å². The van der Waals surface area contributed by atoms with Gasteiger partial charge in [-0.2, -0.15) is 0 Å². The maximum atomic E-state index is 12.1. The zero-order valence-corrected chi connectivity index (χ0v) is 15.5. The second-order valence-electron chi connectivity index (χ2n) is 8.05. The summed E-state index contributed by atoms with van der Waals surface area (Å²) in [5, 5.41) is 3.60. The van der Waals surface area contributed by atoms with E-state index in [0.29, 0.717) is 6.04 Å². The van der Waals surface area contributed by atoms with Crippen LogP contribution in [0, 0.1) is 0 Å². The van der Waals surface area contributed by atoms with Crippen LogP contribution in [0.4, 0.5) is 0 Å². The maximum absolute atomic E-state index is 12.1. The Kier molecular flexibility index (Phi) is 6.02. The van der Waals surface area contributed by atoms with E-state index < -0.39 is 9.84 Å². The molecule has 0 aromatic rings. The van der Waals surface area contributed by atoms with Crippen molar-refractivity contribution < 1.29 is 8.42 Å². The van der Waals surface area contributed by atoms with Crippen molar-refractivity contribution >= 4 is 9.84 Å². The molecule has 3 aliphatic rings. The Morgan fingerprint density at radius 1 is 0.870 bits per heavy atom. The first-order valence-corrected chi connectivity index (χ1v) is 11.7. The van der Waals surface area contributed by atoms with Gasteiger partial charge in [0.05, 0.1) is 5.25 Å². The summed E-state index contributed by atoms with van der Waals surface area (Å²) in [6.07, 6.45) is 14.9. The normalized spacial score (nSPS) is 35.3. The number of hydrogen-bond donors (Lipinski definition) is 1. The fraction of sp³-hybridized carbons (Fsp3) is 1.00. The summed E-state index contributed by atoms with van der Waals surface area (Å²) in [5.74, 6) is 0. The van der Waals surface area contributed by atoms with Gasteiger partial charge in [0.2, 0.25) is 0 Å². The Morgan fingerprint density at radius 2 is 1.57 bits per heavy atom. The first-order valence-electron chi connectivity index (χ1n) is 9.73. The molecule has 0 aromatic carbocycles. The zero-order chi connectivity index (χ0) is 16.3. The highest BCUT2D eigenvalue weighted by Crippen LogP contribution is 2.28. The molecule has 0 radical (unpaired) electrons. The molecule has 1 aliphatic heterocycles. The third-order valence-corrected chi connectivity index (χ3v) is 7.91. The summed E-state index contributed by atoms with van der Waals surface area (Å²) in [6, 6.07) is 1.44. The lowest BCUT2D eigenvalue weighted by molar-refractivity contribution is 0.104. The monoisotopic (exact) mass is 342 g/mol. The van der Waals surface area contributed by atoms with Crippen LogP contribution in [0.3, 0.4) is 0 Å². The Labute approximate surface area is 142 Å². The van der Waals surface area contributed by atoms with Crippen molar-refractivity contribution in [2.24, 2.45) is 0 Å². The molecule has 23 heavy (non-hydrogen) atoms. The molecule has 5 heteroatoms. The van der Waals surface area contributed by atoms with E-state index in [1.807, 2.05) is 0 Å². The minimum Gasteiger partial charge on any atom is -0.309 e. The Bertz CT molecular complexity index is 473. The lowest BCUT2D eigenvalue weighted by atomic mass is 9.90. The first kappa shape index (κ1) is 17.7. The number of sulfone groups is 1. The van der Waals surface area contributed by atoms with Crippen molar-refractivity contribution in [2.75, 3.05) is 19.3 Å². The van der Waals surface area contributed by atoms with Gasteiger partial charge in [0, 0.05) is 30.9 Å². The summed E-state index contributed by atoms with van der Waals surface area (Å²) < 4.78 is 24.2. The molecule has 3 rings (SSSR count). The van der Waals surface area contributed by atoms with Gasteiger partial charge in [-0.3, -0.25) is 4.90 Å². The second kappa shape index (κ2) is 7.83. The zero-order valence-electron chi connectivity index (χ0n) is 14.7. The number of likely N-dealkylation sites (tertiary alicyclic amines) is 1. The average molecular weight is 343 g/mol. The van der Waals surface area contributed by atoms with Crippen molar-refractivity contribution in [3.8, 4) is 0 Å². The summed E-state index contributed by atoms with van der Waals surface area (Å²) in [5.41, 5.74) is 0. The molecule has 0 spiro atoms. The lowest BCUT2D eigenvalue weighted by Crippen LogP contribution is -2.56. The van der Waals surface area contributed by atoms with Gasteiger partial charge in [-0.15, -0.1) is 0 Å². The highest BCUT2D eigenvalue weighted by atomic mass is 32.2. The summed E-state index contributed by atoms with van der Waals surface area (Å²) in [7, 11) is -2.94. The third kappa shape index (κ3) is 4.70. The van der Waals surface area contributed by atoms with E-state index in [2.05, 4.69) is 10.2 Å². The Hall–Kier alpha value is -0.130. The van der Waals surface area contributed by atoms with Crippen LogP contribution in [0.2, 0.25) is 0 Å². The van der Waals surface area contributed by atoms with Gasteiger partial charge >= 0.3 is 0 Å². The predicted octanol–water partition coefficient (Wildman–Crippen LogP) is 2.73. The fourth-order valence-electron chi connectivity index (χ4n) is 5.02. The number of piperidine rings is 1. The van der Waals surface area contributed by atoms with Crippen LogP contribution >= 0.6 is 0 Å². The van der Waals surface area contributed by atoms with Crippen LogP contribution in [0.1, 0.15) is 70.6 Å². The highest BCUT2D eigenvalue weighted by Gasteiger charge is 2.35. The van der Waals surface area contributed by atoms with Crippen LogP contribution in [-0.4, -0.2) is 56.0 Å². The van der Waals surface area contributed by atoms with Crippen LogP contribution in [0.25, 0.3) is 0 Å². The molecule has 0 unspecified atom stereocenters. The molecule has 0 bridgehead atoms. The molecule has 1 saturated heterocycles. The summed E-state index contributed by atoms with van der Waals surface area (Å²) in [6.45, 7) is 2.36. The highest BCUT2D eigenvalue weighted by molar-refractivity contribution is 7.91. The third-order valence-electron chi connectivity index (χ3n) is 6.25. The average Bonchev–Trinajstić information content (AvgIpc) is 2.55. The van der Waals surface area contributed by atoms with E-state index in [4.69, 9.17) is 0 Å². The van der Waals surface area contributed by atoms with Gasteiger partial charge in [0.25, 0.3) is 0 Å². The van der Waals surface area contributed by atoms with Crippen LogP contribution in [-0.2, 0) is 9.84 Å². The molecule has 3 atom stereocenters. The SMILES string of the molecule is CS(=O)(=O)[C@@H]1CCCC[C@@H]1N[C@H]1CCCN(C2CCCCC2)C1. The predicted molar refractivity (Wildman–Crippen MR) is 95.5 cm³/mol. The van der Waals surface area contributed by atoms with E-state index in [1.165, 1.54) is 64.2 Å². The molecule has 134 valence electrons. The van der Waals surface area contributed by atoms with E-state index in [0.717, 1.165) is 31.8 Å². The van der Waals surface area contributed by atoms with Gasteiger partial charge in [-0.05, 0) is 45.1 Å². The molecule has 4 nitrogen and oxygen atoms in total. The first-order chi connectivity index (χ1) is 11.0. The van der Waals surface area contributed by atoms with Crippen molar-refractivity contribution in [3.63, 3.8) is 0 Å². The molecule has 3 fully saturated rings. The van der Waals surface area contributed by atoms with Crippen LogP contribution < -0.4 is 5.32 Å². The van der Waals surface area contributed by atoms with Crippen LogP contribution in [0.5, 0.6) is 0 Å². The largest absolute Gasteiger partial charge is 0.309 e. The van der Waals surface area contributed by atoms with E-state index in [-0.39, 0.29) is 11.3 Å². The lowest BCUT2D eigenvalue weighted by Gasteiger charge is -2.42. The van der Waals surface area contributed by atoms with Crippen molar-refractivity contribution in [2.45, 2.75) is 94.0 Å². The van der Waals surface area contributed by atoms with Crippen molar-refractivity contribution in [1.82, 2.24) is 10.2 Å². The fourth-order valence-corrected chi connectivity index (χ4v) is 6.43. The van der Waals surface area contributed by atoms with Crippen LogP contribution in [0.15, 0.2) is 0 Å². The number of nitrogens with zero attached hydrogens (tertiary/aromatic N) is 1. The molecule has 0 aromatic heterocycles. The quantitative estimate of drug-likeness (QED) is 0.853. The number of hydrogen-bond acceptors (Lipinski definition) is 4. The maximum Gasteiger partial charge on any atom is 0.151 e. The summed E-state index contributed by atoms with van der Waals surface area (Å²) >= 11 is 0. The van der Waals surface area contributed by atoms with Crippen molar-refractivity contribution in [1.29, 1.82) is 0 Å². The minimum atomic E-state index is -2.94. The molecular weight excluding hydrogens is 308 g/mol. The van der Waals surface area contributed by atoms with Gasteiger partial charge in [0.15, 0.2) is 9.84 Å². The van der Waals surface area contributed by atoms with Gasteiger partial charge in [-0.1, -0.05) is 32.1 Å². The Morgan fingerprint density at radius 3 is 2.30 bits per heavy atom. The number of rotatable bonds is 4. The molecule has 1 heterocycles. The van der Waals surface area contributed by atoms with E-state index in [1.54, 1.807) is 0 Å². The standard InChI is InChI=1S/C18H34N2O2S/c1-23(21,22)18-12-6-5-11-17(18)19-15-8-7-13-20(14-15)16-9-3-2-4-10-16/h15-19H,2-14H2,1H3/t15-,17-,18+/m0/s1. The van der Waals surface area contributed by atoms with Gasteiger partial charge in [-0.25, -0.2) is 8.42 Å². The minimum absolute atomic E-state index is 0.165. The Balaban J connectivity index is 1.57. The summed E-state index contributed by atoms with van der Waals surface area (Å²) in [4.78, 5) is 2.69. The molecule has 1 N–H and O–H groups in total. The topological polar surface area (TPSA) is 49.4 Å². The molecule has 0 amide bonds. The van der Waals surface area contributed by atoms with Gasteiger partial charge in [0.1, 0.15) is 0 Å². The number of nitrogens with one attached hydrogen (secondary N) is 1. The van der Waals surface area contributed by atoms with Crippen molar-refractivity contribution in [3.05, 3.63) is 0 Å². The molecule has 2 aliphatic carbocycles. The van der Waals surface area contributed by atoms with Gasteiger partial charge < -0.3 is 5.32 Å².